The summed E-state index contributed by atoms with van der Waals surface area (Å²) < 4.78 is 1.73. The molecule has 0 saturated carbocycles. The van der Waals surface area contributed by atoms with E-state index in [1.807, 2.05) is 25.9 Å². The summed E-state index contributed by atoms with van der Waals surface area (Å²) in [7, 11) is 5.78. The molecular formula is C19H29N7O2. The Morgan fingerprint density at radius 1 is 1.18 bits per heavy atom. The lowest BCUT2D eigenvalue weighted by Crippen LogP contribution is -2.41. The minimum Gasteiger partial charge on any atom is -0.341 e. The first-order valence-electron chi connectivity index (χ1n) is 9.27. The number of pyridine rings is 1. The fourth-order valence-corrected chi connectivity index (χ4v) is 2.57. The highest BCUT2D eigenvalue weighted by Gasteiger charge is 2.12. The van der Waals surface area contributed by atoms with Crippen LogP contribution in [0.25, 0.3) is 0 Å². The van der Waals surface area contributed by atoms with Crippen molar-refractivity contribution in [1.82, 2.24) is 29.7 Å². The average molecular weight is 387 g/mol. The summed E-state index contributed by atoms with van der Waals surface area (Å²) in [4.78, 5) is 36.9. The van der Waals surface area contributed by atoms with Gasteiger partial charge in [0.1, 0.15) is 0 Å². The number of aromatic nitrogens is 3. The first-order chi connectivity index (χ1) is 13.4. The van der Waals surface area contributed by atoms with E-state index in [4.69, 9.17) is 0 Å². The van der Waals surface area contributed by atoms with E-state index in [1.165, 1.54) is 0 Å². The van der Waals surface area contributed by atoms with Crippen molar-refractivity contribution in [2.75, 3.05) is 45.6 Å². The first kappa shape index (κ1) is 21.5. The number of carbonyl (C=O) groups excluding carboxylic acids is 2. The molecule has 0 fully saturated rings. The maximum Gasteiger partial charge on any atom is 0.258 e. The third-order valence-electron chi connectivity index (χ3n) is 4.26. The predicted octanol–water partition coefficient (Wildman–Crippen LogP) is 0.567. The van der Waals surface area contributed by atoms with E-state index in [0.29, 0.717) is 36.8 Å². The summed E-state index contributed by atoms with van der Waals surface area (Å²) in [6.07, 6.45) is 4.96. The maximum atomic E-state index is 12.4. The summed E-state index contributed by atoms with van der Waals surface area (Å²) in [5, 5.41) is 5.86. The van der Waals surface area contributed by atoms with Gasteiger partial charge in [-0.15, -0.1) is 0 Å². The summed E-state index contributed by atoms with van der Waals surface area (Å²) in [5.41, 5.74) is 1.18. The van der Waals surface area contributed by atoms with Crippen LogP contribution >= 0.6 is 0 Å². The zero-order chi connectivity index (χ0) is 20.5. The van der Waals surface area contributed by atoms with Crippen molar-refractivity contribution in [3.05, 3.63) is 42.0 Å². The second kappa shape index (κ2) is 10.5. The summed E-state index contributed by atoms with van der Waals surface area (Å²) in [5.74, 6) is 0.271. The molecule has 2 amide bonds. The van der Waals surface area contributed by atoms with Gasteiger partial charge in [0.15, 0.2) is 0 Å². The number of rotatable bonds is 10. The summed E-state index contributed by atoms with van der Waals surface area (Å²) >= 11 is 0. The molecule has 2 heterocycles. The van der Waals surface area contributed by atoms with Crippen LogP contribution in [0.4, 0.5) is 5.95 Å². The first-order valence-corrected chi connectivity index (χ1v) is 9.27. The van der Waals surface area contributed by atoms with E-state index in [9.17, 15) is 9.59 Å². The summed E-state index contributed by atoms with van der Waals surface area (Å²) in [6.45, 7) is 4.81. The lowest BCUT2D eigenvalue weighted by Gasteiger charge is -2.23. The Morgan fingerprint density at radius 2 is 1.96 bits per heavy atom. The van der Waals surface area contributed by atoms with Gasteiger partial charge in [-0.05, 0) is 33.2 Å². The van der Waals surface area contributed by atoms with Crippen molar-refractivity contribution in [1.29, 1.82) is 0 Å². The van der Waals surface area contributed by atoms with Crippen LogP contribution in [0, 0.1) is 0 Å². The van der Waals surface area contributed by atoms with Crippen molar-refractivity contribution in [2.24, 2.45) is 7.05 Å². The Labute approximate surface area is 165 Å². The maximum absolute atomic E-state index is 12.4. The fourth-order valence-electron chi connectivity index (χ4n) is 2.57. The Hall–Kier alpha value is -2.78. The molecular weight excluding hydrogens is 358 g/mol. The minimum absolute atomic E-state index is 0.0491. The highest BCUT2D eigenvalue weighted by Crippen LogP contribution is 2.07. The molecule has 2 rings (SSSR count). The largest absolute Gasteiger partial charge is 0.341 e. The van der Waals surface area contributed by atoms with Gasteiger partial charge in [0.25, 0.3) is 5.91 Å². The number of aryl methyl sites for hydroxylation is 1. The van der Waals surface area contributed by atoms with E-state index in [0.717, 1.165) is 6.54 Å². The third-order valence-corrected chi connectivity index (χ3v) is 4.26. The number of carbonyl (C=O) groups is 2. The van der Waals surface area contributed by atoms with Crippen LogP contribution in [-0.2, 0) is 18.4 Å². The molecule has 9 heteroatoms. The van der Waals surface area contributed by atoms with Gasteiger partial charge in [-0.2, -0.15) is 0 Å². The standard InChI is InChI=1S/C19H29N7O2/c1-5-26(11-10-24(2)3)17(27)14-20-13-16-12-15(6-7-21-16)18(28)23-19-22-8-9-25(19)4/h6-9,12,20H,5,10-11,13-14H2,1-4H3,(H,22,23,28). The van der Waals surface area contributed by atoms with E-state index in [-0.39, 0.29) is 18.4 Å². The van der Waals surface area contributed by atoms with Crippen LogP contribution in [0.15, 0.2) is 30.7 Å². The van der Waals surface area contributed by atoms with Crippen LogP contribution in [0.2, 0.25) is 0 Å². The number of anilines is 1. The molecule has 0 aliphatic rings. The Bertz CT molecular complexity index is 788. The zero-order valence-electron chi connectivity index (χ0n) is 17.0. The molecule has 9 nitrogen and oxygen atoms in total. The molecule has 0 saturated heterocycles. The van der Waals surface area contributed by atoms with Crippen LogP contribution in [-0.4, -0.2) is 76.4 Å². The van der Waals surface area contributed by atoms with Gasteiger partial charge in [0.05, 0.1) is 12.2 Å². The lowest BCUT2D eigenvalue weighted by atomic mass is 10.2. The van der Waals surface area contributed by atoms with Gasteiger partial charge in [-0.1, -0.05) is 0 Å². The second-order valence-corrected chi connectivity index (χ2v) is 6.73. The van der Waals surface area contributed by atoms with Gasteiger partial charge in [0, 0.05) is 57.4 Å². The molecule has 2 aromatic heterocycles. The van der Waals surface area contributed by atoms with Crippen molar-refractivity contribution < 1.29 is 9.59 Å². The van der Waals surface area contributed by atoms with Crippen LogP contribution in [0.1, 0.15) is 23.0 Å². The van der Waals surface area contributed by atoms with Gasteiger partial charge < -0.3 is 19.7 Å². The van der Waals surface area contributed by atoms with Gasteiger partial charge in [0.2, 0.25) is 11.9 Å². The SMILES string of the molecule is CCN(CCN(C)C)C(=O)CNCc1cc(C(=O)Nc2nccn2C)ccn1. The second-order valence-electron chi connectivity index (χ2n) is 6.73. The number of likely N-dealkylation sites (N-methyl/N-ethyl adjacent to an activating group) is 2. The lowest BCUT2D eigenvalue weighted by molar-refractivity contribution is -0.130. The highest BCUT2D eigenvalue weighted by atomic mass is 16.2. The third kappa shape index (κ3) is 6.43. The van der Waals surface area contributed by atoms with E-state index >= 15 is 0 Å². The number of nitrogens with one attached hydrogen (secondary N) is 2. The molecule has 0 spiro atoms. The predicted molar refractivity (Wildman–Crippen MR) is 108 cm³/mol. The smallest absolute Gasteiger partial charge is 0.258 e. The molecule has 2 N–H and O–H groups in total. The number of hydrogen-bond donors (Lipinski definition) is 2. The number of amides is 2. The molecule has 0 bridgehead atoms. The average Bonchev–Trinajstić information content (AvgIpc) is 3.07. The van der Waals surface area contributed by atoms with Gasteiger partial charge in [-0.3, -0.25) is 19.9 Å². The van der Waals surface area contributed by atoms with Crippen LogP contribution < -0.4 is 10.6 Å². The van der Waals surface area contributed by atoms with Crippen molar-refractivity contribution in [2.45, 2.75) is 13.5 Å². The summed E-state index contributed by atoms with van der Waals surface area (Å²) in [6, 6.07) is 3.35. The molecule has 0 radical (unpaired) electrons. The van der Waals surface area contributed by atoms with E-state index < -0.39 is 0 Å². The van der Waals surface area contributed by atoms with Gasteiger partial charge in [-0.25, -0.2) is 4.98 Å². The molecule has 2 aromatic rings. The molecule has 0 aromatic carbocycles. The van der Waals surface area contributed by atoms with Gasteiger partial charge >= 0.3 is 0 Å². The fraction of sp³-hybridized carbons (Fsp3) is 0.474. The van der Waals surface area contributed by atoms with E-state index in [2.05, 4.69) is 25.5 Å². The van der Waals surface area contributed by atoms with Crippen molar-refractivity contribution in [3.63, 3.8) is 0 Å². The molecule has 0 unspecified atom stereocenters. The Morgan fingerprint density at radius 3 is 2.61 bits per heavy atom. The van der Waals surface area contributed by atoms with Crippen molar-refractivity contribution in [3.8, 4) is 0 Å². The minimum atomic E-state index is -0.255. The van der Waals surface area contributed by atoms with Crippen LogP contribution in [0.5, 0.6) is 0 Å². The Balaban J connectivity index is 1.86. The monoisotopic (exact) mass is 387 g/mol. The van der Waals surface area contributed by atoms with Crippen molar-refractivity contribution >= 4 is 17.8 Å². The quantitative estimate of drug-likeness (QED) is 0.619. The zero-order valence-corrected chi connectivity index (χ0v) is 17.0. The number of hydrogen-bond acceptors (Lipinski definition) is 6. The van der Waals surface area contributed by atoms with Crippen LogP contribution in [0.3, 0.4) is 0 Å². The van der Waals surface area contributed by atoms with E-state index in [1.54, 1.807) is 42.3 Å². The molecule has 152 valence electrons. The highest BCUT2D eigenvalue weighted by molar-refractivity contribution is 6.03. The topological polar surface area (TPSA) is 95.4 Å². The Kier molecular flexibility index (Phi) is 8.09. The molecule has 0 aliphatic heterocycles. The normalized spacial score (nSPS) is 10.9. The number of nitrogens with zero attached hydrogens (tertiary/aromatic N) is 5. The molecule has 0 atom stereocenters. The molecule has 28 heavy (non-hydrogen) atoms. The number of imidazole rings is 1. The molecule has 0 aliphatic carbocycles.